The molecule has 0 bridgehead atoms. The average Bonchev–Trinajstić information content (AvgIpc) is 3.40. The van der Waals surface area contributed by atoms with Crippen molar-refractivity contribution in [3.8, 4) is 5.75 Å². The highest BCUT2D eigenvalue weighted by Crippen LogP contribution is 2.40. The molecule has 3 rings (SSSR count). The number of rotatable bonds is 10. The van der Waals surface area contributed by atoms with E-state index >= 15 is 0 Å². The fourth-order valence-electron chi connectivity index (χ4n) is 4.03. The van der Waals surface area contributed by atoms with E-state index in [1.165, 1.54) is 0 Å². The maximum Gasteiger partial charge on any atom is 0.404 e. The van der Waals surface area contributed by atoms with Crippen molar-refractivity contribution in [2.75, 3.05) is 19.0 Å². The molecule has 1 aliphatic rings. The number of aromatic nitrogens is 2. The van der Waals surface area contributed by atoms with Crippen LogP contribution in [-0.4, -0.2) is 47.1 Å². The van der Waals surface area contributed by atoms with E-state index in [0.29, 0.717) is 24.1 Å². The quantitative estimate of drug-likeness (QED) is 0.457. The third kappa shape index (κ3) is 6.99. The van der Waals surface area contributed by atoms with E-state index in [1.54, 1.807) is 7.11 Å². The largest absolute Gasteiger partial charge is 0.497 e. The molecule has 31 heavy (non-hydrogen) atoms. The summed E-state index contributed by atoms with van der Waals surface area (Å²) in [7, 11) is 1.61. The van der Waals surface area contributed by atoms with Gasteiger partial charge in [-0.15, -0.1) is 0 Å². The predicted molar refractivity (Wildman–Crippen MR) is 115 cm³/mol. The number of benzene rings is 1. The number of carbonyl (C=O) groups is 2. The number of nitrogens with two attached hydrogens (primary N) is 1. The zero-order valence-corrected chi connectivity index (χ0v) is 17.7. The molecule has 0 aliphatic heterocycles. The number of hydrogen-bond acceptors (Lipinski definition) is 6. The Balaban J connectivity index is 1.43. The van der Waals surface area contributed by atoms with Gasteiger partial charge >= 0.3 is 6.09 Å². The minimum atomic E-state index is -0.869. The van der Waals surface area contributed by atoms with Gasteiger partial charge in [0, 0.05) is 17.7 Å². The van der Waals surface area contributed by atoms with Crippen LogP contribution in [0.15, 0.2) is 30.3 Å². The van der Waals surface area contributed by atoms with E-state index < -0.39 is 12.2 Å². The van der Waals surface area contributed by atoms with Crippen LogP contribution in [0.5, 0.6) is 5.75 Å². The summed E-state index contributed by atoms with van der Waals surface area (Å²) in [5, 5.41) is 20.0. The first kappa shape index (κ1) is 22.6. The molecule has 1 aliphatic carbocycles. The first-order valence-electron chi connectivity index (χ1n) is 10.5. The lowest BCUT2D eigenvalue weighted by atomic mass is 9.97. The molecule has 1 saturated carbocycles. The molecule has 1 fully saturated rings. The molecule has 3 atom stereocenters. The summed E-state index contributed by atoms with van der Waals surface area (Å²) in [5.74, 6) is 1.99. The maximum absolute atomic E-state index is 12.3. The van der Waals surface area contributed by atoms with Gasteiger partial charge in [-0.25, -0.2) is 4.79 Å². The second-order valence-corrected chi connectivity index (χ2v) is 8.02. The highest BCUT2D eigenvalue weighted by Gasteiger charge is 2.27. The van der Waals surface area contributed by atoms with Crippen molar-refractivity contribution in [1.82, 2.24) is 10.2 Å². The molecule has 0 saturated heterocycles. The van der Waals surface area contributed by atoms with Crippen molar-refractivity contribution in [2.45, 2.75) is 50.5 Å². The van der Waals surface area contributed by atoms with Gasteiger partial charge in [0.2, 0.25) is 5.91 Å². The van der Waals surface area contributed by atoms with Crippen LogP contribution in [0.25, 0.3) is 0 Å². The van der Waals surface area contributed by atoms with Crippen LogP contribution in [0.3, 0.4) is 0 Å². The standard InChI is InChI=1S/C22H30N4O5/c1-30-18-8-4-15(5-9-18)11-21(28)24-20-12-19(25-26-20)16-6-2-14(10-16)3-7-17(27)13-31-22(23)29/h4-5,8-9,12,14,16-17,27H,2-3,6-7,10-11,13H2,1H3,(H2,23,29)(H2,24,25,26,28)/t14-,16+,17?/m1/s1. The number of ether oxygens (including phenoxy) is 2. The van der Waals surface area contributed by atoms with Crippen LogP contribution < -0.4 is 15.8 Å². The number of nitrogens with one attached hydrogen (secondary N) is 2. The minimum absolute atomic E-state index is 0.0639. The lowest BCUT2D eigenvalue weighted by molar-refractivity contribution is -0.115. The monoisotopic (exact) mass is 430 g/mol. The summed E-state index contributed by atoms with van der Waals surface area (Å²) in [6.07, 6.45) is 3.22. The Hall–Kier alpha value is -3.07. The minimum Gasteiger partial charge on any atom is -0.497 e. The molecule has 1 aromatic heterocycles. The SMILES string of the molecule is COc1ccc(CC(=O)Nc2cc([C@H]3CC[C@H](CCC(O)COC(N)=O)C3)[nH]n2)cc1. The summed E-state index contributed by atoms with van der Waals surface area (Å²) in [6, 6.07) is 9.29. The maximum atomic E-state index is 12.3. The predicted octanol–water partition coefficient (Wildman–Crippen LogP) is 2.72. The molecule has 9 heteroatoms. The van der Waals surface area contributed by atoms with Gasteiger partial charge in [0.25, 0.3) is 0 Å². The first-order valence-corrected chi connectivity index (χ1v) is 10.5. The van der Waals surface area contributed by atoms with Crippen LogP contribution >= 0.6 is 0 Å². The second kappa shape index (κ2) is 10.8. The van der Waals surface area contributed by atoms with Gasteiger partial charge in [-0.1, -0.05) is 12.1 Å². The Bertz CT molecular complexity index is 867. The molecule has 0 spiro atoms. The van der Waals surface area contributed by atoms with E-state index in [2.05, 4.69) is 20.3 Å². The molecule has 2 aromatic rings. The number of carbonyl (C=O) groups excluding carboxylic acids is 2. The van der Waals surface area contributed by atoms with Crippen LogP contribution in [0.4, 0.5) is 10.6 Å². The van der Waals surface area contributed by atoms with Crippen LogP contribution in [-0.2, 0) is 16.0 Å². The highest BCUT2D eigenvalue weighted by molar-refractivity contribution is 5.91. The number of amides is 2. The van der Waals surface area contributed by atoms with Crippen molar-refractivity contribution in [3.05, 3.63) is 41.6 Å². The van der Waals surface area contributed by atoms with Crippen LogP contribution in [0, 0.1) is 5.92 Å². The van der Waals surface area contributed by atoms with Gasteiger partial charge in [-0.2, -0.15) is 5.10 Å². The van der Waals surface area contributed by atoms with Gasteiger partial charge < -0.3 is 25.6 Å². The Morgan fingerprint density at radius 2 is 2.10 bits per heavy atom. The molecular weight excluding hydrogens is 400 g/mol. The summed E-state index contributed by atoms with van der Waals surface area (Å²) in [6.45, 7) is -0.0639. The zero-order valence-electron chi connectivity index (χ0n) is 17.7. The molecule has 2 amide bonds. The normalized spacial score (nSPS) is 19.0. The molecule has 5 N–H and O–H groups in total. The van der Waals surface area contributed by atoms with Gasteiger partial charge in [0.05, 0.1) is 19.6 Å². The number of hydrogen-bond donors (Lipinski definition) is 4. The number of aromatic amines is 1. The Labute approximate surface area is 181 Å². The van der Waals surface area contributed by atoms with E-state index in [0.717, 1.165) is 42.7 Å². The smallest absolute Gasteiger partial charge is 0.404 e. The lowest BCUT2D eigenvalue weighted by Gasteiger charge is -2.14. The van der Waals surface area contributed by atoms with Crippen LogP contribution in [0.1, 0.15) is 49.3 Å². The van der Waals surface area contributed by atoms with Crippen molar-refractivity contribution >= 4 is 17.8 Å². The van der Waals surface area contributed by atoms with Crippen molar-refractivity contribution in [2.24, 2.45) is 11.7 Å². The lowest BCUT2D eigenvalue weighted by Crippen LogP contribution is -2.22. The third-order valence-electron chi connectivity index (χ3n) is 5.70. The number of primary amides is 1. The van der Waals surface area contributed by atoms with Crippen molar-refractivity contribution < 1.29 is 24.2 Å². The van der Waals surface area contributed by atoms with Crippen LogP contribution in [0.2, 0.25) is 0 Å². The Kier molecular flexibility index (Phi) is 7.88. The second-order valence-electron chi connectivity index (χ2n) is 8.02. The first-order chi connectivity index (χ1) is 14.9. The van der Waals surface area contributed by atoms with Crippen molar-refractivity contribution in [1.29, 1.82) is 0 Å². The highest BCUT2D eigenvalue weighted by atomic mass is 16.6. The van der Waals surface area contributed by atoms with Gasteiger partial charge in [0.15, 0.2) is 5.82 Å². The summed E-state index contributed by atoms with van der Waals surface area (Å²) < 4.78 is 9.75. The molecule has 0 radical (unpaired) electrons. The molecule has 1 heterocycles. The van der Waals surface area contributed by atoms with Crippen molar-refractivity contribution in [3.63, 3.8) is 0 Å². The van der Waals surface area contributed by atoms with E-state index in [1.807, 2.05) is 30.3 Å². The average molecular weight is 431 g/mol. The number of aliphatic hydroxyl groups excluding tert-OH is 1. The molecule has 1 aromatic carbocycles. The van der Waals surface area contributed by atoms with Gasteiger partial charge in [0.1, 0.15) is 12.4 Å². The summed E-state index contributed by atoms with van der Waals surface area (Å²) in [4.78, 5) is 22.9. The fourth-order valence-corrected chi connectivity index (χ4v) is 4.03. The topological polar surface area (TPSA) is 140 Å². The fraction of sp³-hybridized carbons (Fsp3) is 0.500. The number of anilines is 1. The van der Waals surface area contributed by atoms with Gasteiger partial charge in [-0.3, -0.25) is 9.89 Å². The van der Waals surface area contributed by atoms with E-state index in [-0.39, 0.29) is 18.9 Å². The molecule has 1 unspecified atom stereocenters. The molecule has 168 valence electrons. The summed E-state index contributed by atoms with van der Waals surface area (Å²) >= 11 is 0. The molecule has 9 nitrogen and oxygen atoms in total. The third-order valence-corrected chi connectivity index (χ3v) is 5.70. The van der Waals surface area contributed by atoms with E-state index in [9.17, 15) is 14.7 Å². The molecular formula is C22H30N4O5. The summed E-state index contributed by atoms with van der Waals surface area (Å²) in [5.41, 5.74) is 6.82. The zero-order chi connectivity index (χ0) is 22.2. The number of nitrogens with zero attached hydrogens (tertiary/aromatic N) is 1. The Morgan fingerprint density at radius 3 is 2.81 bits per heavy atom. The number of methoxy groups -OCH3 is 1. The number of H-pyrrole nitrogens is 1. The van der Waals surface area contributed by atoms with Gasteiger partial charge in [-0.05, 0) is 55.7 Å². The number of aliphatic hydroxyl groups is 1. The Morgan fingerprint density at radius 1 is 1.32 bits per heavy atom. The van der Waals surface area contributed by atoms with E-state index in [4.69, 9.17) is 10.5 Å².